The maximum atomic E-state index is 10.7. The van der Waals surface area contributed by atoms with E-state index >= 15 is 0 Å². The number of hydrogen-bond donors (Lipinski definition) is 3. The summed E-state index contributed by atoms with van der Waals surface area (Å²) < 4.78 is 0. The molecule has 1 atom stereocenters. The van der Waals surface area contributed by atoms with Crippen molar-refractivity contribution in [2.75, 3.05) is 0 Å². The Labute approximate surface area is 75.7 Å². The first-order valence-electron chi connectivity index (χ1n) is 3.74. The molecule has 4 nitrogen and oxygen atoms in total. The normalized spacial score (nSPS) is 26.7. The Morgan fingerprint density at radius 1 is 1.69 bits per heavy atom. The molecular formula is C9H11NO3. The smallest absolute Gasteiger partial charge is 0.247 e. The number of allylic oxidation sites excluding steroid dienone is 2. The minimum absolute atomic E-state index is 0.00704. The number of amides is 1. The fourth-order valence-electron chi connectivity index (χ4n) is 1.13. The predicted octanol–water partition coefficient (Wildman–Crippen LogP) is 0.161. The van der Waals surface area contributed by atoms with Crippen LogP contribution in [0.2, 0.25) is 0 Å². The molecule has 4 heteroatoms. The highest BCUT2D eigenvalue weighted by Gasteiger charge is 2.33. The van der Waals surface area contributed by atoms with Crippen molar-refractivity contribution in [2.24, 2.45) is 5.73 Å². The number of aliphatic hydroxyl groups is 2. The largest absolute Gasteiger partial charge is 0.512 e. The monoisotopic (exact) mass is 181 g/mol. The zero-order chi connectivity index (χ0) is 10.1. The molecule has 0 aliphatic heterocycles. The van der Waals surface area contributed by atoms with E-state index in [0.717, 1.165) is 0 Å². The zero-order valence-electron chi connectivity index (χ0n) is 7.03. The first-order chi connectivity index (χ1) is 5.96. The quantitative estimate of drug-likeness (QED) is 0.530. The van der Waals surface area contributed by atoms with Gasteiger partial charge in [0.15, 0.2) is 0 Å². The van der Waals surface area contributed by atoms with Gasteiger partial charge in [-0.05, 0) is 12.2 Å². The van der Waals surface area contributed by atoms with E-state index in [2.05, 4.69) is 6.58 Å². The van der Waals surface area contributed by atoms with Crippen molar-refractivity contribution >= 4 is 5.91 Å². The van der Waals surface area contributed by atoms with E-state index in [1.54, 1.807) is 0 Å². The molecule has 70 valence electrons. The van der Waals surface area contributed by atoms with Gasteiger partial charge in [0, 0.05) is 12.0 Å². The van der Waals surface area contributed by atoms with Crippen molar-refractivity contribution in [3.63, 3.8) is 0 Å². The summed E-state index contributed by atoms with van der Waals surface area (Å²) in [6.07, 6.45) is 4.20. The third-order valence-electron chi connectivity index (χ3n) is 1.93. The minimum Gasteiger partial charge on any atom is -0.512 e. The Morgan fingerprint density at radius 3 is 2.77 bits per heavy atom. The first kappa shape index (κ1) is 9.54. The van der Waals surface area contributed by atoms with Crippen molar-refractivity contribution in [1.82, 2.24) is 0 Å². The summed E-state index contributed by atoms with van der Waals surface area (Å²) in [6.45, 7) is 3.37. The second kappa shape index (κ2) is 3.06. The molecule has 0 aromatic carbocycles. The van der Waals surface area contributed by atoms with E-state index in [-0.39, 0.29) is 17.8 Å². The van der Waals surface area contributed by atoms with Crippen LogP contribution in [-0.2, 0) is 4.79 Å². The van der Waals surface area contributed by atoms with Crippen LogP contribution in [0.1, 0.15) is 6.42 Å². The molecule has 0 saturated carbocycles. The molecule has 1 unspecified atom stereocenters. The topological polar surface area (TPSA) is 83.6 Å². The highest BCUT2D eigenvalue weighted by molar-refractivity contribution is 5.94. The number of rotatable bonds is 2. The molecule has 0 fully saturated rings. The fourth-order valence-corrected chi connectivity index (χ4v) is 1.13. The van der Waals surface area contributed by atoms with Crippen LogP contribution in [0, 0.1) is 0 Å². The van der Waals surface area contributed by atoms with Gasteiger partial charge in [-0.3, -0.25) is 4.79 Å². The number of nitrogens with two attached hydrogens (primary N) is 1. The van der Waals surface area contributed by atoms with Crippen molar-refractivity contribution < 1.29 is 15.0 Å². The zero-order valence-corrected chi connectivity index (χ0v) is 7.03. The number of aliphatic hydroxyl groups excluding tert-OH is 1. The van der Waals surface area contributed by atoms with E-state index < -0.39 is 11.5 Å². The van der Waals surface area contributed by atoms with Crippen LogP contribution in [-0.4, -0.2) is 21.7 Å². The Morgan fingerprint density at radius 2 is 2.31 bits per heavy atom. The molecule has 0 radical (unpaired) electrons. The van der Waals surface area contributed by atoms with Crippen LogP contribution < -0.4 is 5.73 Å². The Hall–Kier alpha value is -1.55. The van der Waals surface area contributed by atoms with Crippen molar-refractivity contribution in [3.05, 3.63) is 36.1 Å². The van der Waals surface area contributed by atoms with Gasteiger partial charge >= 0.3 is 0 Å². The molecular weight excluding hydrogens is 170 g/mol. The van der Waals surface area contributed by atoms with E-state index in [0.29, 0.717) is 0 Å². The molecule has 0 aromatic rings. The van der Waals surface area contributed by atoms with Crippen molar-refractivity contribution in [2.45, 2.75) is 12.0 Å². The lowest BCUT2D eigenvalue weighted by Crippen LogP contribution is -2.36. The summed E-state index contributed by atoms with van der Waals surface area (Å²) in [7, 11) is 0. The summed E-state index contributed by atoms with van der Waals surface area (Å²) in [6, 6.07) is 0. The first-order valence-corrected chi connectivity index (χ1v) is 3.74. The number of hydrogen-bond acceptors (Lipinski definition) is 3. The molecule has 1 amide bonds. The van der Waals surface area contributed by atoms with Crippen LogP contribution >= 0.6 is 0 Å². The minimum atomic E-state index is -1.54. The maximum absolute atomic E-state index is 10.7. The molecule has 1 aliphatic rings. The molecule has 0 saturated heterocycles. The van der Waals surface area contributed by atoms with E-state index in [4.69, 9.17) is 10.8 Å². The van der Waals surface area contributed by atoms with Crippen LogP contribution in [0.15, 0.2) is 36.1 Å². The number of primary amides is 1. The van der Waals surface area contributed by atoms with Gasteiger partial charge in [0.1, 0.15) is 5.60 Å². The standard InChI is InChI=1S/C9H11NO3/c1-6(8(10)12)9(13)4-2-3-7(11)5-9/h2-4,11,13H,1,5H2,(H2,10,12). The average molecular weight is 181 g/mol. The second-order valence-corrected chi connectivity index (χ2v) is 2.96. The summed E-state index contributed by atoms with van der Waals surface area (Å²) in [5.74, 6) is -0.783. The van der Waals surface area contributed by atoms with Gasteiger partial charge in [-0.25, -0.2) is 0 Å². The van der Waals surface area contributed by atoms with Gasteiger partial charge in [0.05, 0.1) is 5.76 Å². The third-order valence-corrected chi connectivity index (χ3v) is 1.93. The van der Waals surface area contributed by atoms with Crippen LogP contribution in [0.25, 0.3) is 0 Å². The van der Waals surface area contributed by atoms with Gasteiger partial charge < -0.3 is 15.9 Å². The molecule has 1 aliphatic carbocycles. The predicted molar refractivity (Wildman–Crippen MR) is 47.8 cm³/mol. The summed E-state index contributed by atoms with van der Waals surface area (Å²) in [5.41, 5.74) is 3.31. The maximum Gasteiger partial charge on any atom is 0.247 e. The Bertz CT molecular complexity index is 317. The number of carbonyl (C=O) groups is 1. The summed E-state index contributed by atoms with van der Waals surface area (Å²) in [4.78, 5) is 10.7. The fraction of sp³-hybridized carbons (Fsp3) is 0.222. The average Bonchev–Trinajstić information content (AvgIpc) is 2.02. The van der Waals surface area contributed by atoms with Gasteiger partial charge in [-0.1, -0.05) is 12.7 Å². The van der Waals surface area contributed by atoms with E-state index in [1.165, 1.54) is 18.2 Å². The Balaban J connectivity index is 2.92. The van der Waals surface area contributed by atoms with Gasteiger partial charge in [0.25, 0.3) is 0 Å². The molecule has 1 rings (SSSR count). The summed E-state index contributed by atoms with van der Waals surface area (Å²) in [5, 5.41) is 18.9. The van der Waals surface area contributed by atoms with Crippen LogP contribution in [0.4, 0.5) is 0 Å². The van der Waals surface area contributed by atoms with Crippen molar-refractivity contribution in [1.29, 1.82) is 0 Å². The molecule has 0 bridgehead atoms. The Kier molecular flexibility index (Phi) is 2.25. The number of carbonyl (C=O) groups excluding carboxylic acids is 1. The SMILES string of the molecule is C=C(C(N)=O)C1(O)C=CC=C(O)C1. The van der Waals surface area contributed by atoms with Crippen molar-refractivity contribution in [3.8, 4) is 0 Å². The molecule has 0 heterocycles. The lowest BCUT2D eigenvalue weighted by atomic mass is 9.87. The highest BCUT2D eigenvalue weighted by atomic mass is 16.3. The molecule has 0 aromatic heterocycles. The van der Waals surface area contributed by atoms with E-state index in [9.17, 15) is 9.90 Å². The van der Waals surface area contributed by atoms with Gasteiger partial charge in [0.2, 0.25) is 5.91 Å². The van der Waals surface area contributed by atoms with Crippen LogP contribution in [0.5, 0.6) is 0 Å². The third kappa shape index (κ3) is 1.78. The summed E-state index contributed by atoms with van der Waals surface area (Å²) >= 11 is 0. The van der Waals surface area contributed by atoms with Gasteiger partial charge in [-0.15, -0.1) is 0 Å². The molecule has 4 N–H and O–H groups in total. The lowest BCUT2D eigenvalue weighted by Gasteiger charge is -2.26. The highest BCUT2D eigenvalue weighted by Crippen LogP contribution is 2.27. The lowest BCUT2D eigenvalue weighted by molar-refractivity contribution is -0.116. The van der Waals surface area contributed by atoms with E-state index in [1.807, 2.05) is 0 Å². The van der Waals surface area contributed by atoms with Gasteiger partial charge in [-0.2, -0.15) is 0 Å². The second-order valence-electron chi connectivity index (χ2n) is 2.96. The molecule has 0 spiro atoms. The molecule has 13 heavy (non-hydrogen) atoms. The van der Waals surface area contributed by atoms with Crippen LogP contribution in [0.3, 0.4) is 0 Å².